The number of nitrogens with zero attached hydrogens (tertiary/aromatic N) is 2. The third-order valence-electron chi connectivity index (χ3n) is 11.4. The van der Waals surface area contributed by atoms with Crippen LogP contribution in [0, 0.1) is 0 Å². The zero-order valence-electron chi connectivity index (χ0n) is 34.0. The topological polar surface area (TPSA) is 131 Å². The molecule has 0 aliphatic carbocycles. The van der Waals surface area contributed by atoms with Crippen molar-refractivity contribution >= 4 is 58.8 Å². The predicted molar refractivity (Wildman–Crippen MR) is 236 cm³/mol. The number of benzene rings is 5. The summed E-state index contributed by atoms with van der Waals surface area (Å²) in [5, 5.41) is 10.00. The number of hydrogen-bond donors (Lipinski definition) is 4. The fraction of sp³-hybridized carbons (Fsp3) is 0.298. The summed E-state index contributed by atoms with van der Waals surface area (Å²) in [6, 6.07) is 28.8. The van der Waals surface area contributed by atoms with Crippen LogP contribution in [0.3, 0.4) is 0 Å². The van der Waals surface area contributed by atoms with Gasteiger partial charge in [-0.3, -0.25) is 14.4 Å². The highest BCUT2D eigenvalue weighted by atomic mass is 32.1. The van der Waals surface area contributed by atoms with Crippen LogP contribution in [0.25, 0.3) is 0 Å². The molecule has 12 nitrogen and oxygen atoms in total. The van der Waals surface area contributed by atoms with Crippen LogP contribution in [0.2, 0.25) is 0 Å². The van der Waals surface area contributed by atoms with E-state index in [1.165, 1.54) is 0 Å². The van der Waals surface area contributed by atoms with E-state index in [0.29, 0.717) is 64.3 Å². The van der Waals surface area contributed by atoms with Gasteiger partial charge in [0.25, 0.3) is 11.8 Å². The van der Waals surface area contributed by atoms with Gasteiger partial charge in [-0.25, -0.2) is 0 Å². The van der Waals surface area contributed by atoms with Gasteiger partial charge in [-0.05, 0) is 77.6 Å². The van der Waals surface area contributed by atoms with Crippen molar-refractivity contribution < 1.29 is 33.3 Å². The number of carbonyl (C=O) groups excluding carboxylic acids is 3. The summed E-state index contributed by atoms with van der Waals surface area (Å²) in [5.74, 6) is 1.40. The number of rotatable bonds is 11. The van der Waals surface area contributed by atoms with Gasteiger partial charge in [0.15, 0.2) is 23.0 Å². The minimum atomic E-state index is -0.510. The quantitative estimate of drug-likeness (QED) is 0.0983. The van der Waals surface area contributed by atoms with Crippen molar-refractivity contribution in [1.29, 1.82) is 0 Å². The maximum Gasteiger partial charge on any atom is 0.260 e. The first kappa shape index (κ1) is 39.1. The van der Waals surface area contributed by atoms with E-state index >= 15 is 0 Å². The molecule has 0 radical (unpaired) electrons. The van der Waals surface area contributed by atoms with Gasteiger partial charge in [0.1, 0.15) is 13.2 Å². The molecule has 0 fully saturated rings. The third kappa shape index (κ3) is 7.53. The lowest BCUT2D eigenvalue weighted by molar-refractivity contribution is -0.116. The Balaban J connectivity index is 0.967. The second kappa shape index (κ2) is 15.7. The summed E-state index contributed by atoms with van der Waals surface area (Å²) < 4.78 is 23.9. The van der Waals surface area contributed by atoms with E-state index in [9.17, 15) is 14.4 Å². The van der Waals surface area contributed by atoms with E-state index in [-0.39, 0.29) is 49.4 Å². The first-order chi connectivity index (χ1) is 29.0. The molecule has 0 spiro atoms. The normalized spacial score (nSPS) is 17.4. The second-order valence-electron chi connectivity index (χ2n) is 16.3. The van der Waals surface area contributed by atoms with Crippen molar-refractivity contribution in [3.63, 3.8) is 0 Å². The Kier molecular flexibility index (Phi) is 10.2. The molecule has 3 amide bonds. The average Bonchev–Trinajstić information content (AvgIpc) is 3.72. The first-order valence-corrected chi connectivity index (χ1v) is 20.6. The van der Waals surface area contributed by atoms with Gasteiger partial charge in [0, 0.05) is 53.5 Å². The zero-order chi connectivity index (χ0) is 41.7. The third-order valence-corrected chi connectivity index (χ3v) is 11.6. The van der Waals surface area contributed by atoms with E-state index in [1.54, 1.807) is 26.4 Å². The molecule has 60 heavy (non-hydrogen) atoms. The monoisotopic (exact) mass is 825 g/mol. The van der Waals surface area contributed by atoms with Crippen LogP contribution in [0.4, 0.5) is 28.4 Å². The number of carbonyl (C=O) groups is 3. The van der Waals surface area contributed by atoms with Crippen LogP contribution >= 0.6 is 12.6 Å². The van der Waals surface area contributed by atoms with Crippen LogP contribution in [-0.2, 0) is 30.8 Å². The number of fused-ring (bicyclic) bond motifs is 8. The number of nitrogens with one attached hydrogen (secondary N) is 3. The summed E-state index contributed by atoms with van der Waals surface area (Å²) in [5.41, 5.74) is 8.63. The van der Waals surface area contributed by atoms with Crippen molar-refractivity contribution in [2.45, 2.75) is 63.2 Å². The summed E-state index contributed by atoms with van der Waals surface area (Å²) in [4.78, 5) is 44.8. The molecule has 5 aromatic carbocycles. The van der Waals surface area contributed by atoms with E-state index in [4.69, 9.17) is 18.9 Å². The molecule has 0 saturated carbocycles. The van der Waals surface area contributed by atoms with Crippen molar-refractivity contribution in [3.8, 4) is 23.0 Å². The Morgan fingerprint density at radius 2 is 1.17 bits per heavy atom. The average molecular weight is 826 g/mol. The van der Waals surface area contributed by atoms with Gasteiger partial charge < -0.3 is 44.7 Å². The molecular weight excluding hydrogens is 779 g/mol. The van der Waals surface area contributed by atoms with Crippen LogP contribution in [0.1, 0.15) is 63.2 Å². The van der Waals surface area contributed by atoms with Crippen LogP contribution < -0.4 is 44.7 Å². The Bertz CT molecular complexity index is 2380. The number of anilines is 5. The molecular formula is C47H47N5O7S. The van der Waals surface area contributed by atoms with Crippen molar-refractivity contribution in [1.82, 2.24) is 0 Å². The molecule has 3 N–H and O–H groups in total. The summed E-state index contributed by atoms with van der Waals surface area (Å²) in [6.07, 6.45) is 1.75. The predicted octanol–water partition coefficient (Wildman–Crippen LogP) is 7.89. The molecule has 0 aromatic heterocycles. The molecule has 4 heterocycles. The Labute approximate surface area is 354 Å². The van der Waals surface area contributed by atoms with Crippen LogP contribution in [0.15, 0.2) is 91.0 Å². The molecule has 4 aliphatic rings. The summed E-state index contributed by atoms with van der Waals surface area (Å²) in [7, 11) is 3.10. The summed E-state index contributed by atoms with van der Waals surface area (Å²) in [6.45, 7) is 5.18. The number of para-hydroxylation sites is 2. The van der Waals surface area contributed by atoms with Crippen molar-refractivity contribution in [2.75, 3.05) is 53.1 Å². The lowest BCUT2D eigenvalue weighted by Gasteiger charge is -2.23. The Hall–Kier alpha value is -6.34. The number of ether oxygens (including phenoxy) is 4. The minimum absolute atomic E-state index is 0.00947. The molecule has 9 rings (SSSR count). The van der Waals surface area contributed by atoms with Crippen molar-refractivity contribution in [3.05, 3.63) is 124 Å². The van der Waals surface area contributed by atoms with E-state index in [2.05, 4.69) is 40.7 Å². The van der Waals surface area contributed by atoms with E-state index < -0.39 is 4.75 Å². The van der Waals surface area contributed by atoms with Crippen LogP contribution in [0.5, 0.6) is 23.0 Å². The van der Waals surface area contributed by atoms with Gasteiger partial charge >= 0.3 is 0 Å². The molecule has 0 bridgehead atoms. The minimum Gasteiger partial charge on any atom is -0.493 e. The molecule has 5 aromatic rings. The van der Waals surface area contributed by atoms with Gasteiger partial charge in [0.05, 0.1) is 48.8 Å². The lowest BCUT2D eigenvalue weighted by atomic mass is 10.1. The highest BCUT2D eigenvalue weighted by Crippen LogP contribution is 2.42. The van der Waals surface area contributed by atoms with Gasteiger partial charge in [-0.1, -0.05) is 50.2 Å². The molecule has 0 unspecified atom stereocenters. The Morgan fingerprint density at radius 3 is 1.62 bits per heavy atom. The van der Waals surface area contributed by atoms with Crippen LogP contribution in [-0.4, -0.2) is 61.9 Å². The number of thiol groups is 1. The highest BCUT2D eigenvalue weighted by molar-refractivity contribution is 7.81. The molecule has 4 aliphatic heterocycles. The highest BCUT2D eigenvalue weighted by Gasteiger charge is 2.39. The SMILES string of the molecule is COc1cc2c(cc1OCc1cc(COc3cc4c(cc3OC)C(=O)N3c5ccccc5C[C@H]3CN4)cc(NC(=O)CC(C)(C)S)c1)NC[C@@H]1Cc3ccccc3N1C2=O. The standard InChI is InChI=1S/C47H47N5O7S/c1-47(2,60)22-44(53)50-31-14-27(25-58-42-20-36-34(18-40(42)56-3)45(54)51-32(23-48-36)16-29-9-5-7-11-38(29)51)13-28(15-31)26-59-43-21-37-35(19-41(43)57-4)46(55)52-33(24-49-37)17-30-10-6-8-12-39(30)52/h5-15,18-21,32-33,48-49,60H,16-17,22-26H2,1-4H3,(H,50,53)/t32-,33-/m0/s1. The fourth-order valence-electron chi connectivity index (χ4n) is 8.75. The first-order valence-electron chi connectivity index (χ1n) is 20.1. The van der Waals surface area contributed by atoms with Gasteiger partial charge in [0.2, 0.25) is 5.91 Å². The number of amides is 3. The fourth-order valence-corrected chi connectivity index (χ4v) is 8.89. The van der Waals surface area contributed by atoms with Crippen molar-refractivity contribution in [2.24, 2.45) is 0 Å². The van der Waals surface area contributed by atoms with Gasteiger partial charge in [-0.2, -0.15) is 12.6 Å². The lowest BCUT2D eigenvalue weighted by Crippen LogP contribution is -2.39. The molecule has 0 saturated heterocycles. The smallest absolute Gasteiger partial charge is 0.260 e. The molecule has 13 heteroatoms. The molecule has 2 atom stereocenters. The zero-order valence-corrected chi connectivity index (χ0v) is 34.9. The maximum absolute atomic E-state index is 14.0. The largest absolute Gasteiger partial charge is 0.493 e. The summed E-state index contributed by atoms with van der Waals surface area (Å²) >= 11 is 4.56. The van der Waals surface area contributed by atoms with E-state index in [0.717, 1.165) is 46.5 Å². The number of methoxy groups -OCH3 is 2. The maximum atomic E-state index is 14.0. The number of hydrogen-bond acceptors (Lipinski definition) is 10. The molecule has 308 valence electrons. The van der Waals surface area contributed by atoms with E-state index in [1.807, 2.05) is 90.4 Å². The second-order valence-corrected chi connectivity index (χ2v) is 17.5. The van der Waals surface area contributed by atoms with Gasteiger partial charge in [-0.15, -0.1) is 0 Å². The Morgan fingerprint density at radius 1 is 0.700 bits per heavy atom.